The highest BCUT2D eigenvalue weighted by Gasteiger charge is 2.31. The molecule has 25 heavy (non-hydrogen) atoms. The van der Waals surface area contributed by atoms with E-state index in [0.717, 1.165) is 22.4 Å². The van der Waals surface area contributed by atoms with Crippen LogP contribution in [0.2, 0.25) is 0 Å². The van der Waals surface area contributed by atoms with Gasteiger partial charge in [-0.25, -0.2) is 0 Å². The number of aryl methyl sites for hydroxylation is 3. The quantitative estimate of drug-likeness (QED) is 0.933. The minimum Gasteiger partial charge on any atom is -0.351 e. The Balaban J connectivity index is 1.62. The highest BCUT2D eigenvalue weighted by atomic mass is 16.2. The second kappa shape index (κ2) is 7.09. The van der Waals surface area contributed by atoms with Crippen molar-refractivity contribution in [3.05, 3.63) is 64.7 Å². The van der Waals surface area contributed by atoms with Crippen molar-refractivity contribution in [2.45, 2.75) is 39.7 Å². The molecular formula is C21H24N2O2. The second-order valence-electron chi connectivity index (χ2n) is 6.91. The van der Waals surface area contributed by atoms with Crippen molar-refractivity contribution in [2.75, 3.05) is 11.4 Å². The van der Waals surface area contributed by atoms with Crippen molar-refractivity contribution in [2.24, 2.45) is 0 Å². The molecule has 4 heteroatoms. The molecule has 3 rings (SSSR count). The van der Waals surface area contributed by atoms with Crippen molar-refractivity contribution < 1.29 is 9.59 Å². The number of rotatable bonds is 4. The van der Waals surface area contributed by atoms with Crippen LogP contribution in [0.1, 0.15) is 28.7 Å². The van der Waals surface area contributed by atoms with Crippen molar-refractivity contribution in [3.63, 3.8) is 0 Å². The summed E-state index contributed by atoms with van der Waals surface area (Å²) in [5.74, 6) is 0.0226. The molecule has 1 fully saturated rings. The summed E-state index contributed by atoms with van der Waals surface area (Å²) in [6.07, 6.45) is 0.697. The first-order chi connectivity index (χ1) is 11.9. The van der Waals surface area contributed by atoms with Gasteiger partial charge in [0.25, 0.3) is 0 Å². The number of nitrogens with one attached hydrogen (secondary N) is 1. The van der Waals surface area contributed by atoms with E-state index in [1.807, 2.05) is 56.3 Å². The Hall–Kier alpha value is -2.62. The summed E-state index contributed by atoms with van der Waals surface area (Å²) in [7, 11) is 0. The van der Waals surface area contributed by atoms with Gasteiger partial charge in [-0.05, 0) is 49.6 Å². The fourth-order valence-electron chi connectivity index (χ4n) is 3.23. The Labute approximate surface area is 148 Å². The Kier molecular flexibility index (Phi) is 4.88. The molecule has 0 saturated carbocycles. The number of hydrogen-bond donors (Lipinski definition) is 1. The number of amides is 2. The summed E-state index contributed by atoms with van der Waals surface area (Å²) in [4.78, 5) is 26.4. The van der Waals surface area contributed by atoms with Gasteiger partial charge >= 0.3 is 0 Å². The molecule has 2 amide bonds. The topological polar surface area (TPSA) is 49.4 Å². The van der Waals surface area contributed by atoms with E-state index in [0.29, 0.717) is 19.4 Å². The van der Waals surface area contributed by atoms with Gasteiger partial charge in [0, 0.05) is 18.7 Å². The maximum Gasteiger partial charge on any atom is 0.229 e. The van der Waals surface area contributed by atoms with E-state index < -0.39 is 0 Å². The third-order valence-electron chi connectivity index (χ3n) is 4.74. The normalized spacial score (nSPS) is 17.0. The van der Waals surface area contributed by atoms with Crippen LogP contribution < -0.4 is 10.2 Å². The van der Waals surface area contributed by atoms with Crippen molar-refractivity contribution in [1.29, 1.82) is 0 Å². The molecule has 4 nitrogen and oxygen atoms in total. The number of carbonyl (C=O) groups is 2. The molecule has 0 aliphatic carbocycles. The third-order valence-corrected chi connectivity index (χ3v) is 4.74. The maximum absolute atomic E-state index is 12.3. The van der Waals surface area contributed by atoms with E-state index in [1.54, 1.807) is 4.90 Å². The molecule has 2 aromatic carbocycles. The summed E-state index contributed by atoms with van der Waals surface area (Å²) < 4.78 is 0. The molecule has 0 spiro atoms. The Morgan fingerprint density at radius 2 is 1.92 bits per heavy atom. The molecule has 1 atom stereocenters. The molecule has 130 valence electrons. The molecular weight excluding hydrogens is 312 g/mol. The second-order valence-corrected chi connectivity index (χ2v) is 6.91. The lowest BCUT2D eigenvalue weighted by Gasteiger charge is -2.18. The first-order valence-electron chi connectivity index (χ1n) is 8.65. The van der Waals surface area contributed by atoms with Crippen LogP contribution in [0.3, 0.4) is 0 Å². The molecule has 0 unspecified atom stereocenters. The molecule has 1 aliphatic rings. The van der Waals surface area contributed by atoms with E-state index in [4.69, 9.17) is 0 Å². The molecule has 1 aliphatic heterocycles. The number of carbonyl (C=O) groups excluding carboxylic acids is 2. The zero-order valence-corrected chi connectivity index (χ0v) is 15.0. The lowest BCUT2D eigenvalue weighted by Crippen LogP contribution is -2.38. The Morgan fingerprint density at radius 1 is 1.12 bits per heavy atom. The molecule has 1 saturated heterocycles. The molecule has 0 radical (unpaired) electrons. The average molecular weight is 336 g/mol. The highest BCUT2D eigenvalue weighted by molar-refractivity contribution is 5.97. The molecule has 2 aromatic rings. The van der Waals surface area contributed by atoms with Gasteiger partial charge in [0.2, 0.25) is 11.8 Å². The minimum atomic E-state index is -0.133. The van der Waals surface area contributed by atoms with Crippen LogP contribution in [0.25, 0.3) is 0 Å². The monoisotopic (exact) mass is 336 g/mol. The van der Waals surface area contributed by atoms with Crippen LogP contribution in [0, 0.1) is 20.8 Å². The smallest absolute Gasteiger partial charge is 0.229 e. The largest absolute Gasteiger partial charge is 0.351 e. The zero-order chi connectivity index (χ0) is 18.0. The molecule has 0 aromatic heterocycles. The summed E-state index contributed by atoms with van der Waals surface area (Å²) in [5.41, 5.74) is 5.41. The first-order valence-corrected chi connectivity index (χ1v) is 8.65. The van der Waals surface area contributed by atoms with Gasteiger partial charge < -0.3 is 10.2 Å². The summed E-state index contributed by atoms with van der Waals surface area (Å²) in [6.45, 7) is 6.64. The average Bonchev–Trinajstić information content (AvgIpc) is 2.90. The fraction of sp³-hybridized carbons (Fsp3) is 0.333. The Morgan fingerprint density at radius 3 is 2.64 bits per heavy atom. The summed E-state index contributed by atoms with van der Waals surface area (Å²) >= 11 is 0. The van der Waals surface area contributed by atoms with Crippen LogP contribution in [0.5, 0.6) is 0 Å². The Bertz CT molecular complexity index is 813. The standard InChI is InChI=1S/C21H24N2O2/c1-14-5-4-6-17(9-14)11-20(24)22-18-12-21(25)23(13-18)19-8-7-15(2)16(3)10-19/h4-10,18H,11-13H2,1-3H3,(H,22,24)/t18-/m0/s1. The number of benzene rings is 2. The lowest BCUT2D eigenvalue weighted by molar-refractivity contribution is -0.121. The SMILES string of the molecule is Cc1cccc(CC(=O)N[C@H]2CC(=O)N(c3ccc(C)c(C)c3)C2)c1. The van der Waals surface area contributed by atoms with E-state index in [2.05, 4.69) is 12.2 Å². The van der Waals surface area contributed by atoms with Gasteiger partial charge in [-0.15, -0.1) is 0 Å². The van der Waals surface area contributed by atoms with Crippen molar-refractivity contribution in [1.82, 2.24) is 5.32 Å². The predicted octanol–water partition coefficient (Wildman–Crippen LogP) is 3.08. The van der Waals surface area contributed by atoms with Crippen molar-refractivity contribution >= 4 is 17.5 Å². The zero-order valence-electron chi connectivity index (χ0n) is 15.0. The van der Waals surface area contributed by atoms with Gasteiger partial charge in [0.15, 0.2) is 0 Å². The van der Waals surface area contributed by atoms with E-state index in [1.165, 1.54) is 5.56 Å². The van der Waals surface area contributed by atoms with E-state index in [9.17, 15) is 9.59 Å². The van der Waals surface area contributed by atoms with Gasteiger partial charge in [0.05, 0.1) is 12.5 Å². The first kappa shape index (κ1) is 17.2. The van der Waals surface area contributed by atoms with Crippen LogP contribution in [0.15, 0.2) is 42.5 Å². The summed E-state index contributed by atoms with van der Waals surface area (Å²) in [5, 5.41) is 3.00. The highest BCUT2D eigenvalue weighted by Crippen LogP contribution is 2.24. The molecule has 1 heterocycles. The number of nitrogens with zero attached hydrogens (tertiary/aromatic N) is 1. The maximum atomic E-state index is 12.3. The molecule has 1 N–H and O–H groups in total. The number of hydrogen-bond acceptors (Lipinski definition) is 2. The van der Waals surface area contributed by atoms with E-state index in [-0.39, 0.29) is 17.9 Å². The summed E-state index contributed by atoms with van der Waals surface area (Å²) in [6, 6.07) is 13.8. The fourth-order valence-corrected chi connectivity index (χ4v) is 3.23. The van der Waals surface area contributed by atoms with Crippen LogP contribution in [-0.2, 0) is 16.0 Å². The molecule has 0 bridgehead atoms. The minimum absolute atomic E-state index is 0.0367. The lowest BCUT2D eigenvalue weighted by atomic mass is 10.1. The van der Waals surface area contributed by atoms with Crippen LogP contribution in [0.4, 0.5) is 5.69 Å². The number of anilines is 1. The van der Waals surface area contributed by atoms with Gasteiger partial charge in [0.1, 0.15) is 0 Å². The van der Waals surface area contributed by atoms with E-state index >= 15 is 0 Å². The predicted molar refractivity (Wildman–Crippen MR) is 99.7 cm³/mol. The van der Waals surface area contributed by atoms with Gasteiger partial charge in [-0.1, -0.05) is 35.9 Å². The van der Waals surface area contributed by atoms with Gasteiger partial charge in [-0.3, -0.25) is 9.59 Å². The van der Waals surface area contributed by atoms with Crippen molar-refractivity contribution in [3.8, 4) is 0 Å². The van der Waals surface area contributed by atoms with Crippen LogP contribution >= 0.6 is 0 Å². The third kappa shape index (κ3) is 4.08. The van der Waals surface area contributed by atoms with Crippen LogP contribution in [-0.4, -0.2) is 24.4 Å². The van der Waals surface area contributed by atoms with Gasteiger partial charge in [-0.2, -0.15) is 0 Å².